The average molecular weight is 428 g/mol. The van der Waals surface area contributed by atoms with Gasteiger partial charge in [0.1, 0.15) is 11.6 Å². The predicted octanol–water partition coefficient (Wildman–Crippen LogP) is 4.39. The molecule has 1 unspecified atom stereocenters. The average Bonchev–Trinajstić information content (AvgIpc) is 3.31. The second-order valence-electron chi connectivity index (χ2n) is 8.70. The van der Waals surface area contributed by atoms with Crippen LogP contribution in [0.2, 0.25) is 0 Å². The molecule has 1 atom stereocenters. The zero-order valence-electron chi connectivity index (χ0n) is 17.6. The highest BCUT2D eigenvalue weighted by Crippen LogP contribution is 2.36. The minimum absolute atomic E-state index is 0.0323. The highest BCUT2D eigenvalue weighted by atomic mass is 32.1. The van der Waals surface area contributed by atoms with Gasteiger partial charge in [-0.15, -0.1) is 21.5 Å². The van der Waals surface area contributed by atoms with Crippen LogP contribution in [0.3, 0.4) is 0 Å². The van der Waals surface area contributed by atoms with Gasteiger partial charge in [0.25, 0.3) is 0 Å². The first-order valence-corrected chi connectivity index (χ1v) is 10.8. The van der Waals surface area contributed by atoms with Crippen LogP contribution in [0, 0.1) is 12.7 Å². The number of rotatable bonds is 4. The van der Waals surface area contributed by atoms with E-state index in [1.807, 2.05) is 13.0 Å². The maximum absolute atomic E-state index is 14.7. The number of thiazole rings is 1. The third-order valence-corrected chi connectivity index (χ3v) is 5.99. The number of aryl methyl sites for hydroxylation is 1. The van der Waals surface area contributed by atoms with E-state index in [-0.39, 0.29) is 11.3 Å². The predicted molar refractivity (Wildman–Crippen MR) is 118 cm³/mol. The lowest BCUT2D eigenvalue weighted by molar-refractivity contribution is 0.373. The number of phenolic OH excluding ortho intramolecular Hbond substituents is 1. The van der Waals surface area contributed by atoms with Crippen molar-refractivity contribution in [2.45, 2.75) is 45.7 Å². The van der Waals surface area contributed by atoms with Crippen molar-refractivity contribution in [1.29, 1.82) is 0 Å². The molecule has 4 rings (SSSR count). The summed E-state index contributed by atoms with van der Waals surface area (Å²) >= 11 is 1.38. The Morgan fingerprint density at radius 3 is 2.63 bits per heavy atom. The first kappa shape index (κ1) is 20.7. The van der Waals surface area contributed by atoms with Crippen LogP contribution in [0.5, 0.6) is 5.75 Å². The molecule has 0 aliphatic carbocycles. The Balaban J connectivity index is 1.53. The normalized spacial score (nSPS) is 17.0. The van der Waals surface area contributed by atoms with Gasteiger partial charge in [-0.1, -0.05) is 0 Å². The van der Waals surface area contributed by atoms with Crippen molar-refractivity contribution in [3.05, 3.63) is 41.3 Å². The summed E-state index contributed by atoms with van der Waals surface area (Å²) in [6.45, 7) is 10.1. The molecule has 2 N–H and O–H groups in total. The third-order valence-electron chi connectivity index (χ3n) is 5.05. The molecule has 3 heterocycles. The molecular weight excluding hydrogens is 401 g/mol. The maximum Gasteiger partial charge on any atom is 0.151 e. The summed E-state index contributed by atoms with van der Waals surface area (Å²) < 4.78 is 14.7. The number of anilines is 1. The number of phenols is 1. The van der Waals surface area contributed by atoms with Gasteiger partial charge in [0.2, 0.25) is 0 Å². The van der Waals surface area contributed by atoms with Gasteiger partial charge in [-0.05, 0) is 58.4 Å². The number of aromatic hydroxyl groups is 1. The zero-order chi connectivity index (χ0) is 21.5. The van der Waals surface area contributed by atoms with Gasteiger partial charge in [-0.3, -0.25) is 0 Å². The largest absolute Gasteiger partial charge is 0.507 e. The lowest BCUT2D eigenvalue weighted by atomic mass is 10.1. The van der Waals surface area contributed by atoms with Crippen LogP contribution < -0.4 is 10.2 Å². The summed E-state index contributed by atoms with van der Waals surface area (Å²) in [5.41, 5.74) is 1.17. The van der Waals surface area contributed by atoms with Crippen molar-refractivity contribution in [3.63, 3.8) is 0 Å². The van der Waals surface area contributed by atoms with Crippen LogP contribution in [0.15, 0.2) is 30.5 Å². The Morgan fingerprint density at radius 1 is 1.20 bits per heavy atom. The van der Waals surface area contributed by atoms with Crippen LogP contribution >= 0.6 is 11.3 Å². The van der Waals surface area contributed by atoms with E-state index in [9.17, 15) is 9.50 Å². The molecule has 3 aromatic rings. The Labute approximate surface area is 179 Å². The summed E-state index contributed by atoms with van der Waals surface area (Å²) in [4.78, 5) is 7.03. The summed E-state index contributed by atoms with van der Waals surface area (Å²) in [7, 11) is 0. The van der Waals surface area contributed by atoms with Crippen LogP contribution in [0.1, 0.15) is 32.2 Å². The minimum atomic E-state index is -0.423. The van der Waals surface area contributed by atoms with Gasteiger partial charge in [-0.25, -0.2) is 9.37 Å². The molecule has 8 heteroatoms. The molecule has 2 aromatic heterocycles. The number of nitrogens with one attached hydrogen (secondary N) is 1. The molecule has 6 nitrogen and oxygen atoms in total. The monoisotopic (exact) mass is 427 g/mol. The van der Waals surface area contributed by atoms with Crippen molar-refractivity contribution >= 4 is 17.2 Å². The molecule has 158 valence electrons. The summed E-state index contributed by atoms with van der Waals surface area (Å²) in [5, 5.41) is 23.5. The highest BCUT2D eigenvalue weighted by molar-refractivity contribution is 7.15. The van der Waals surface area contributed by atoms with Crippen LogP contribution in [-0.2, 0) is 0 Å². The fourth-order valence-corrected chi connectivity index (χ4v) is 4.57. The van der Waals surface area contributed by atoms with Gasteiger partial charge >= 0.3 is 0 Å². The molecule has 0 bridgehead atoms. The first-order valence-electron chi connectivity index (χ1n) is 10.0. The minimum Gasteiger partial charge on any atom is -0.507 e. The van der Waals surface area contributed by atoms with E-state index in [1.54, 1.807) is 12.3 Å². The fourth-order valence-electron chi connectivity index (χ4n) is 3.78. The van der Waals surface area contributed by atoms with E-state index in [0.29, 0.717) is 27.7 Å². The van der Waals surface area contributed by atoms with E-state index in [2.05, 4.69) is 46.2 Å². The Morgan fingerprint density at radius 2 is 2.00 bits per heavy atom. The number of benzene rings is 1. The van der Waals surface area contributed by atoms with Gasteiger partial charge in [-0.2, -0.15) is 0 Å². The van der Waals surface area contributed by atoms with Crippen molar-refractivity contribution in [3.8, 4) is 27.4 Å². The SMILES string of the molecule is Cc1ncc(-c2cc(O)c(-c3ccc(N4CCC(NC(C)(C)C)C4)nn3)cc2F)s1. The Hall–Kier alpha value is -2.58. The number of hydrogen-bond acceptors (Lipinski definition) is 7. The van der Waals surface area contributed by atoms with Gasteiger partial charge in [0.15, 0.2) is 5.82 Å². The molecule has 30 heavy (non-hydrogen) atoms. The smallest absolute Gasteiger partial charge is 0.151 e. The van der Waals surface area contributed by atoms with E-state index in [0.717, 1.165) is 30.3 Å². The summed E-state index contributed by atoms with van der Waals surface area (Å²) in [6, 6.07) is 6.80. The molecule has 1 aliphatic rings. The number of aromatic nitrogens is 3. The van der Waals surface area contributed by atoms with Gasteiger partial charge in [0.05, 0.1) is 15.6 Å². The topological polar surface area (TPSA) is 74.2 Å². The van der Waals surface area contributed by atoms with E-state index in [4.69, 9.17) is 0 Å². The number of nitrogens with zero attached hydrogens (tertiary/aromatic N) is 4. The molecule has 1 fully saturated rings. The molecule has 0 radical (unpaired) electrons. The molecular formula is C22H26FN5OS. The first-order chi connectivity index (χ1) is 14.2. The quantitative estimate of drug-likeness (QED) is 0.643. The standard InChI is InChI=1S/C22H26FN5OS/c1-13-24-11-20(30-13)15-10-19(29)16(9-17(15)23)18-5-6-21(27-26-18)28-8-7-14(12-28)25-22(2,3)4/h5-6,9-11,14,25,29H,7-8,12H2,1-4H3. The molecule has 0 amide bonds. The number of hydrogen-bond donors (Lipinski definition) is 2. The van der Waals surface area contributed by atoms with Crippen molar-refractivity contribution < 1.29 is 9.50 Å². The van der Waals surface area contributed by atoms with Crippen LogP contribution in [-0.4, -0.2) is 45.0 Å². The van der Waals surface area contributed by atoms with Gasteiger partial charge < -0.3 is 15.3 Å². The van der Waals surface area contributed by atoms with E-state index < -0.39 is 5.82 Å². The molecule has 1 aliphatic heterocycles. The lowest BCUT2D eigenvalue weighted by Gasteiger charge is -2.26. The second-order valence-corrected chi connectivity index (χ2v) is 9.93. The van der Waals surface area contributed by atoms with Gasteiger partial charge in [0, 0.05) is 42.0 Å². The summed E-state index contributed by atoms with van der Waals surface area (Å²) in [5.74, 6) is 0.330. The van der Waals surface area contributed by atoms with Crippen LogP contribution in [0.4, 0.5) is 10.2 Å². The van der Waals surface area contributed by atoms with Crippen molar-refractivity contribution in [2.75, 3.05) is 18.0 Å². The summed E-state index contributed by atoms with van der Waals surface area (Å²) in [6.07, 6.45) is 2.66. The third kappa shape index (κ3) is 4.44. The Kier molecular flexibility index (Phi) is 5.46. The number of halogens is 1. The zero-order valence-corrected chi connectivity index (χ0v) is 18.4. The van der Waals surface area contributed by atoms with Crippen molar-refractivity contribution in [2.24, 2.45) is 0 Å². The second kappa shape index (κ2) is 7.92. The molecule has 1 aromatic carbocycles. The van der Waals surface area contributed by atoms with E-state index >= 15 is 0 Å². The molecule has 1 saturated heterocycles. The Bertz CT molecular complexity index is 1040. The van der Waals surface area contributed by atoms with Crippen LogP contribution in [0.25, 0.3) is 21.7 Å². The molecule has 0 saturated carbocycles. The molecule has 0 spiro atoms. The maximum atomic E-state index is 14.7. The highest BCUT2D eigenvalue weighted by Gasteiger charge is 2.27. The fraction of sp³-hybridized carbons (Fsp3) is 0.409. The van der Waals surface area contributed by atoms with E-state index in [1.165, 1.54) is 23.5 Å². The van der Waals surface area contributed by atoms with Crippen molar-refractivity contribution in [1.82, 2.24) is 20.5 Å². The lowest BCUT2D eigenvalue weighted by Crippen LogP contribution is -2.45.